The first-order valence-electron chi connectivity index (χ1n) is 6.39. The lowest BCUT2D eigenvalue weighted by Crippen LogP contribution is -2.12. The first kappa shape index (κ1) is 15.1. The Morgan fingerprint density at radius 2 is 2.24 bits per heavy atom. The lowest BCUT2D eigenvalue weighted by Gasteiger charge is -2.06. The van der Waals surface area contributed by atoms with Gasteiger partial charge in [0.15, 0.2) is 0 Å². The molecule has 0 amide bonds. The van der Waals surface area contributed by atoms with Gasteiger partial charge in [-0.05, 0) is 25.1 Å². The van der Waals surface area contributed by atoms with Crippen LogP contribution >= 0.6 is 0 Å². The highest BCUT2D eigenvalue weighted by atomic mass is 32.2. The molecule has 0 fully saturated rings. The summed E-state index contributed by atoms with van der Waals surface area (Å²) in [7, 11) is -3.66. The Morgan fingerprint density at radius 1 is 1.43 bits per heavy atom. The zero-order valence-corrected chi connectivity index (χ0v) is 12.4. The van der Waals surface area contributed by atoms with E-state index in [1.165, 1.54) is 18.3 Å². The average molecular weight is 304 g/mol. The number of rotatable bonds is 4. The highest BCUT2D eigenvalue weighted by Gasteiger charge is 2.15. The fourth-order valence-electron chi connectivity index (χ4n) is 1.70. The van der Waals surface area contributed by atoms with Crippen LogP contribution in [-0.2, 0) is 16.6 Å². The second kappa shape index (κ2) is 6.43. The summed E-state index contributed by atoms with van der Waals surface area (Å²) in [5.74, 6) is 5.50. The Morgan fingerprint density at radius 3 is 2.90 bits per heavy atom. The third-order valence-electron chi connectivity index (χ3n) is 2.69. The standard InChI is InChI=1S/C14H16N4O2S/c1-2-18-11-13(10-16-18)17-21(19,20)14-7-3-5-12(9-14)6-4-8-15/h3,5,7,9-11,17H,2,8,15H2,1H3. The molecule has 0 aliphatic rings. The summed E-state index contributed by atoms with van der Waals surface area (Å²) < 4.78 is 28.7. The van der Waals surface area contributed by atoms with E-state index in [1.807, 2.05) is 6.92 Å². The Balaban J connectivity index is 2.26. The molecule has 7 heteroatoms. The molecular weight excluding hydrogens is 288 g/mol. The van der Waals surface area contributed by atoms with E-state index < -0.39 is 10.0 Å². The van der Waals surface area contributed by atoms with Gasteiger partial charge in [0.05, 0.1) is 23.3 Å². The fourth-order valence-corrected chi connectivity index (χ4v) is 2.77. The number of sulfonamides is 1. The molecule has 110 valence electrons. The molecule has 3 N–H and O–H groups in total. The summed E-state index contributed by atoms with van der Waals surface area (Å²) >= 11 is 0. The lowest BCUT2D eigenvalue weighted by molar-refractivity contribution is 0.601. The first-order chi connectivity index (χ1) is 10.0. The normalized spacial score (nSPS) is 10.8. The van der Waals surface area contributed by atoms with Crippen LogP contribution in [0.25, 0.3) is 0 Å². The van der Waals surface area contributed by atoms with Crippen molar-refractivity contribution in [3.8, 4) is 11.8 Å². The lowest BCUT2D eigenvalue weighted by atomic mass is 10.2. The average Bonchev–Trinajstić information content (AvgIpc) is 2.92. The molecule has 2 aromatic rings. The number of anilines is 1. The Labute approximate surface area is 124 Å². The molecule has 1 aromatic heterocycles. The molecular formula is C14H16N4O2S. The Bertz CT molecular complexity index is 785. The summed E-state index contributed by atoms with van der Waals surface area (Å²) in [6, 6.07) is 6.40. The van der Waals surface area contributed by atoms with Crippen LogP contribution in [0.1, 0.15) is 12.5 Å². The molecule has 0 saturated heterocycles. The number of aromatic nitrogens is 2. The maximum absolute atomic E-state index is 12.3. The molecule has 0 aliphatic heterocycles. The van der Waals surface area contributed by atoms with Crippen LogP contribution in [0.15, 0.2) is 41.6 Å². The minimum absolute atomic E-state index is 0.149. The second-order valence-electron chi connectivity index (χ2n) is 4.22. The third kappa shape index (κ3) is 3.84. The minimum atomic E-state index is -3.66. The largest absolute Gasteiger partial charge is 0.320 e. The van der Waals surface area contributed by atoms with Crippen molar-refractivity contribution in [3.05, 3.63) is 42.2 Å². The predicted octanol–water partition coefficient (Wildman–Crippen LogP) is 1.01. The molecule has 0 bridgehead atoms. The van der Waals surface area contributed by atoms with Crippen LogP contribution in [-0.4, -0.2) is 24.7 Å². The molecule has 6 nitrogen and oxygen atoms in total. The summed E-state index contributed by atoms with van der Waals surface area (Å²) in [5.41, 5.74) is 6.33. The van der Waals surface area contributed by atoms with E-state index in [-0.39, 0.29) is 11.4 Å². The van der Waals surface area contributed by atoms with E-state index >= 15 is 0 Å². The number of hydrogen-bond acceptors (Lipinski definition) is 4. The maximum Gasteiger partial charge on any atom is 0.262 e. The van der Waals surface area contributed by atoms with Crippen molar-refractivity contribution in [1.29, 1.82) is 0 Å². The van der Waals surface area contributed by atoms with E-state index in [0.717, 1.165) is 0 Å². The number of hydrogen-bond donors (Lipinski definition) is 2. The topological polar surface area (TPSA) is 90.0 Å². The van der Waals surface area contributed by atoms with Crippen LogP contribution in [0.3, 0.4) is 0 Å². The SMILES string of the molecule is CCn1cc(NS(=O)(=O)c2cccc(C#CCN)c2)cn1. The van der Waals surface area contributed by atoms with E-state index in [2.05, 4.69) is 21.7 Å². The molecule has 0 aliphatic carbocycles. The van der Waals surface area contributed by atoms with Crippen molar-refractivity contribution in [1.82, 2.24) is 9.78 Å². The van der Waals surface area contributed by atoms with Gasteiger partial charge in [0.1, 0.15) is 0 Å². The Kier molecular flexibility index (Phi) is 4.62. The van der Waals surface area contributed by atoms with E-state index in [0.29, 0.717) is 17.8 Å². The highest BCUT2D eigenvalue weighted by Crippen LogP contribution is 2.16. The van der Waals surface area contributed by atoms with Gasteiger partial charge in [0, 0.05) is 18.3 Å². The Hall–Kier alpha value is -2.30. The van der Waals surface area contributed by atoms with Crippen molar-refractivity contribution >= 4 is 15.7 Å². The van der Waals surface area contributed by atoms with Crippen LogP contribution < -0.4 is 10.5 Å². The van der Waals surface area contributed by atoms with Crippen molar-refractivity contribution in [2.45, 2.75) is 18.4 Å². The monoisotopic (exact) mass is 304 g/mol. The first-order valence-corrected chi connectivity index (χ1v) is 7.87. The molecule has 0 atom stereocenters. The van der Waals surface area contributed by atoms with E-state index in [4.69, 9.17) is 5.73 Å². The summed E-state index contributed by atoms with van der Waals surface area (Å²) in [4.78, 5) is 0.149. The number of nitrogens with zero attached hydrogens (tertiary/aromatic N) is 2. The number of aryl methyl sites for hydroxylation is 1. The zero-order chi connectivity index (χ0) is 15.3. The van der Waals surface area contributed by atoms with Gasteiger partial charge in [-0.3, -0.25) is 9.40 Å². The van der Waals surface area contributed by atoms with Crippen molar-refractivity contribution in [2.75, 3.05) is 11.3 Å². The number of benzene rings is 1. The molecule has 0 saturated carbocycles. The number of nitrogens with one attached hydrogen (secondary N) is 1. The fraction of sp³-hybridized carbons (Fsp3) is 0.214. The van der Waals surface area contributed by atoms with Gasteiger partial charge in [-0.2, -0.15) is 5.10 Å². The van der Waals surface area contributed by atoms with Crippen molar-refractivity contribution < 1.29 is 8.42 Å². The van der Waals surface area contributed by atoms with Crippen molar-refractivity contribution in [2.24, 2.45) is 5.73 Å². The minimum Gasteiger partial charge on any atom is -0.320 e. The maximum atomic E-state index is 12.3. The highest BCUT2D eigenvalue weighted by molar-refractivity contribution is 7.92. The van der Waals surface area contributed by atoms with Crippen LogP contribution in [0.5, 0.6) is 0 Å². The quantitative estimate of drug-likeness (QED) is 0.825. The molecule has 0 unspecified atom stereocenters. The molecule has 0 radical (unpaired) electrons. The van der Waals surface area contributed by atoms with Gasteiger partial charge < -0.3 is 5.73 Å². The third-order valence-corrected chi connectivity index (χ3v) is 4.07. The predicted molar refractivity (Wildman–Crippen MR) is 81.1 cm³/mol. The van der Waals surface area contributed by atoms with E-state index in [9.17, 15) is 8.42 Å². The van der Waals surface area contributed by atoms with Crippen molar-refractivity contribution in [3.63, 3.8) is 0 Å². The summed E-state index contributed by atoms with van der Waals surface area (Å²) in [6.45, 7) is 2.82. The van der Waals surface area contributed by atoms with Crippen LogP contribution in [0, 0.1) is 11.8 Å². The van der Waals surface area contributed by atoms with Gasteiger partial charge in [-0.1, -0.05) is 17.9 Å². The second-order valence-corrected chi connectivity index (χ2v) is 5.91. The summed E-state index contributed by atoms with van der Waals surface area (Å²) in [6.07, 6.45) is 3.11. The van der Waals surface area contributed by atoms with Crippen LogP contribution in [0.2, 0.25) is 0 Å². The molecule has 21 heavy (non-hydrogen) atoms. The number of nitrogens with two attached hydrogens (primary N) is 1. The van der Waals surface area contributed by atoms with Gasteiger partial charge >= 0.3 is 0 Å². The summed E-state index contributed by atoms with van der Waals surface area (Å²) in [5, 5.41) is 4.02. The van der Waals surface area contributed by atoms with Gasteiger partial charge in [-0.15, -0.1) is 0 Å². The molecule has 1 aromatic carbocycles. The van der Waals surface area contributed by atoms with E-state index in [1.54, 1.807) is 23.0 Å². The van der Waals surface area contributed by atoms with Gasteiger partial charge in [-0.25, -0.2) is 8.42 Å². The van der Waals surface area contributed by atoms with Crippen LogP contribution in [0.4, 0.5) is 5.69 Å². The smallest absolute Gasteiger partial charge is 0.262 e. The molecule has 1 heterocycles. The van der Waals surface area contributed by atoms with Gasteiger partial charge in [0.2, 0.25) is 0 Å². The molecule has 0 spiro atoms. The zero-order valence-electron chi connectivity index (χ0n) is 11.6. The van der Waals surface area contributed by atoms with Gasteiger partial charge in [0.25, 0.3) is 10.0 Å². The molecule has 2 rings (SSSR count).